The van der Waals surface area contributed by atoms with Crippen molar-refractivity contribution < 1.29 is 19.1 Å². The third-order valence-electron chi connectivity index (χ3n) is 6.51. The lowest BCUT2D eigenvalue weighted by molar-refractivity contribution is -0.150. The highest BCUT2D eigenvalue weighted by atomic mass is 35.5. The number of nitrogens with one attached hydrogen (secondary N) is 3. The molecule has 0 saturated carbocycles. The Labute approximate surface area is 258 Å². The average Bonchev–Trinajstić information content (AvgIpc) is 3.41. The van der Waals surface area contributed by atoms with Gasteiger partial charge in [0.25, 0.3) is 0 Å². The molecule has 1 aliphatic rings. The van der Waals surface area contributed by atoms with Crippen molar-refractivity contribution in [2.24, 2.45) is 5.73 Å². The zero-order valence-electron chi connectivity index (χ0n) is 23.5. The molecule has 2 atom stereocenters. The number of nitrogens with two attached hydrogens (primary N) is 1. The van der Waals surface area contributed by atoms with Crippen molar-refractivity contribution >= 4 is 64.9 Å². The third-order valence-corrected chi connectivity index (χ3v) is 6.90. The van der Waals surface area contributed by atoms with Crippen molar-refractivity contribution in [3.05, 3.63) is 34.6 Å². The Hall–Kier alpha value is -4.57. The summed E-state index contributed by atoms with van der Waals surface area (Å²) in [7, 11) is 1.26. The van der Waals surface area contributed by atoms with E-state index in [9.17, 15) is 20.1 Å². The van der Waals surface area contributed by atoms with Crippen molar-refractivity contribution in [2.45, 2.75) is 38.3 Å². The van der Waals surface area contributed by atoms with Crippen LogP contribution >= 0.6 is 24.0 Å². The van der Waals surface area contributed by atoms with Gasteiger partial charge in [-0.1, -0.05) is 11.6 Å². The van der Waals surface area contributed by atoms with Crippen molar-refractivity contribution in [3.63, 3.8) is 0 Å². The summed E-state index contributed by atoms with van der Waals surface area (Å²) in [6.07, 6.45) is 1.05. The van der Waals surface area contributed by atoms with E-state index in [2.05, 4.69) is 37.1 Å². The first kappa shape index (κ1) is 32.9. The number of nitriles is 2. The molecule has 1 aliphatic heterocycles. The van der Waals surface area contributed by atoms with E-state index >= 15 is 0 Å². The van der Waals surface area contributed by atoms with E-state index in [0.717, 1.165) is 0 Å². The van der Waals surface area contributed by atoms with Crippen LogP contribution < -0.4 is 26.6 Å². The second-order valence-corrected chi connectivity index (χ2v) is 9.67. The second kappa shape index (κ2) is 15.1. The molecule has 228 valence electrons. The number of carbonyl (C=O) groups excluding carboxylic acids is 2. The first-order valence-electron chi connectivity index (χ1n) is 13.2. The zero-order valence-corrected chi connectivity index (χ0v) is 25.0. The number of amides is 1. The fourth-order valence-corrected chi connectivity index (χ4v) is 4.79. The molecule has 0 radical (unpaired) electrons. The predicted octanol–water partition coefficient (Wildman–Crippen LogP) is 2.70. The Kier molecular flexibility index (Phi) is 11.5. The number of imidazole rings is 1. The molecule has 1 fully saturated rings. The molecular formula is C26H31Cl2N11O4. The minimum Gasteiger partial charge on any atom is -0.458 e. The van der Waals surface area contributed by atoms with Gasteiger partial charge in [-0.05, 0) is 38.4 Å². The Morgan fingerprint density at radius 3 is 2.74 bits per heavy atom. The van der Waals surface area contributed by atoms with Crippen LogP contribution in [0.25, 0.3) is 5.65 Å². The van der Waals surface area contributed by atoms with E-state index in [1.165, 1.54) is 17.8 Å². The molecule has 5 N–H and O–H groups in total. The van der Waals surface area contributed by atoms with Crippen LogP contribution in [0.5, 0.6) is 0 Å². The quantitative estimate of drug-likeness (QED) is 0.237. The lowest BCUT2D eigenvalue weighted by atomic mass is 10.0. The van der Waals surface area contributed by atoms with Crippen molar-refractivity contribution in [1.82, 2.24) is 24.9 Å². The summed E-state index contributed by atoms with van der Waals surface area (Å²) in [6, 6.07) is 6.87. The molecule has 15 nitrogen and oxygen atoms in total. The molecule has 1 aromatic carbocycles. The van der Waals surface area contributed by atoms with Crippen LogP contribution in [0.2, 0.25) is 5.02 Å². The van der Waals surface area contributed by atoms with E-state index in [1.54, 1.807) is 12.1 Å². The summed E-state index contributed by atoms with van der Waals surface area (Å²) in [4.78, 5) is 35.0. The molecule has 0 bridgehead atoms. The first-order valence-corrected chi connectivity index (χ1v) is 13.6. The molecule has 3 heterocycles. The smallest absolute Gasteiger partial charge is 0.407 e. The highest BCUT2D eigenvalue weighted by Crippen LogP contribution is 2.37. The Balaban J connectivity index is 0.00000506. The largest absolute Gasteiger partial charge is 0.458 e. The van der Waals surface area contributed by atoms with Crippen LogP contribution in [0.3, 0.4) is 0 Å². The van der Waals surface area contributed by atoms with E-state index < -0.39 is 24.2 Å². The maximum Gasteiger partial charge on any atom is 0.407 e. The lowest BCUT2D eigenvalue weighted by Gasteiger charge is -2.39. The number of alkyl carbamates (subject to hydrolysis) is 1. The van der Waals surface area contributed by atoms with Gasteiger partial charge in [0.1, 0.15) is 12.2 Å². The number of rotatable bonds is 10. The summed E-state index contributed by atoms with van der Waals surface area (Å²) in [5, 5.41) is 32.8. The summed E-state index contributed by atoms with van der Waals surface area (Å²) in [5.41, 5.74) is 7.27. The van der Waals surface area contributed by atoms with E-state index in [1.807, 2.05) is 17.9 Å². The molecule has 1 amide bonds. The van der Waals surface area contributed by atoms with Crippen molar-refractivity contribution in [2.75, 3.05) is 48.8 Å². The van der Waals surface area contributed by atoms with Crippen molar-refractivity contribution in [3.8, 4) is 12.1 Å². The maximum absolute atomic E-state index is 12.5. The van der Waals surface area contributed by atoms with Gasteiger partial charge < -0.3 is 36.1 Å². The fourth-order valence-electron chi connectivity index (χ4n) is 4.52. The Morgan fingerprint density at radius 1 is 1.28 bits per heavy atom. The number of anilines is 4. The van der Waals surface area contributed by atoms with Crippen LogP contribution in [-0.2, 0) is 14.3 Å². The number of piperidine rings is 1. The first-order chi connectivity index (χ1) is 20.3. The summed E-state index contributed by atoms with van der Waals surface area (Å²) in [5.74, 6) is 0.0795. The zero-order chi connectivity index (χ0) is 30.2. The van der Waals surface area contributed by atoms with Crippen LogP contribution in [0.1, 0.15) is 37.4 Å². The number of ether oxygens (including phenoxy) is 2. The highest BCUT2D eigenvalue weighted by Gasteiger charge is 2.34. The van der Waals surface area contributed by atoms with E-state index in [-0.39, 0.29) is 42.0 Å². The number of hydrogen-bond donors (Lipinski definition) is 4. The minimum atomic E-state index is -0.722. The van der Waals surface area contributed by atoms with Gasteiger partial charge in [0.15, 0.2) is 17.2 Å². The minimum absolute atomic E-state index is 0. The van der Waals surface area contributed by atoms with Gasteiger partial charge in [0.2, 0.25) is 5.95 Å². The van der Waals surface area contributed by atoms with Crippen LogP contribution in [0.4, 0.5) is 27.9 Å². The number of aromatic nitrogens is 4. The van der Waals surface area contributed by atoms with Crippen molar-refractivity contribution in [1.29, 1.82) is 10.5 Å². The topological polar surface area (TPSA) is 209 Å². The van der Waals surface area contributed by atoms with Crippen LogP contribution in [0, 0.1) is 22.7 Å². The number of carbonyl (C=O) groups is 2. The van der Waals surface area contributed by atoms with Crippen LogP contribution in [-0.4, -0.2) is 77.1 Å². The SMILES string of the molecule is CCNc1nc(Nc2cc(C#N)cc(N3CC[C@@H](NC(=O)OC)[C@H](OC(=O)CCCN)C3)c2Cl)nn2c(C#N)cnc12.Cl. The molecule has 4 rings (SSSR count). The predicted molar refractivity (Wildman–Crippen MR) is 161 cm³/mol. The molecule has 0 unspecified atom stereocenters. The fraction of sp³-hybridized carbons (Fsp3) is 0.423. The molecule has 17 heteroatoms. The Bertz CT molecular complexity index is 1550. The van der Waals surface area contributed by atoms with E-state index in [4.69, 9.17) is 26.8 Å². The number of hydrogen-bond acceptors (Lipinski definition) is 13. The standard InChI is InChI=1S/C26H30ClN11O4.ClH/c1-3-31-23-24-32-13-16(12-30)38(24)36-25(35-23)33-18-9-15(11-29)10-19(22(18)27)37-8-6-17(34-26(40)41-2)20(14-37)42-21(39)5-4-7-28;/h9-10,13,17,20H,3-8,14,28H2,1-2H3,(H,34,40)(H2,31,33,35,36);1H/t17-,20-;/m1./s1. The average molecular weight is 633 g/mol. The number of nitrogens with zero attached hydrogens (tertiary/aromatic N) is 7. The maximum atomic E-state index is 12.5. The number of methoxy groups -OCH3 is 1. The number of fused-ring (bicyclic) bond motifs is 1. The number of benzene rings is 1. The molecule has 0 aliphatic carbocycles. The summed E-state index contributed by atoms with van der Waals surface area (Å²) >= 11 is 6.88. The summed E-state index contributed by atoms with van der Waals surface area (Å²) in [6.45, 7) is 3.39. The van der Waals surface area contributed by atoms with Gasteiger partial charge >= 0.3 is 12.1 Å². The van der Waals surface area contributed by atoms with Gasteiger partial charge in [-0.3, -0.25) is 4.79 Å². The summed E-state index contributed by atoms with van der Waals surface area (Å²) < 4.78 is 11.8. The van der Waals surface area contributed by atoms with Gasteiger partial charge in [-0.15, -0.1) is 17.5 Å². The molecule has 0 spiro atoms. The molecule has 43 heavy (non-hydrogen) atoms. The van der Waals surface area contributed by atoms with Gasteiger partial charge in [-0.2, -0.15) is 20.0 Å². The van der Waals surface area contributed by atoms with Gasteiger partial charge in [-0.25, -0.2) is 9.78 Å². The second-order valence-electron chi connectivity index (χ2n) is 9.30. The molecule has 2 aromatic heterocycles. The number of esters is 1. The molecule has 3 aromatic rings. The molecular weight excluding hydrogens is 601 g/mol. The molecule has 1 saturated heterocycles. The van der Waals surface area contributed by atoms with E-state index in [0.29, 0.717) is 60.9 Å². The lowest BCUT2D eigenvalue weighted by Crippen LogP contribution is -2.55. The van der Waals surface area contributed by atoms with Gasteiger partial charge in [0.05, 0.1) is 53.9 Å². The third kappa shape index (κ3) is 7.64. The van der Waals surface area contributed by atoms with Crippen LogP contribution in [0.15, 0.2) is 18.3 Å². The van der Waals surface area contributed by atoms with Gasteiger partial charge in [0, 0.05) is 19.5 Å². The normalized spacial score (nSPS) is 15.9. The highest BCUT2D eigenvalue weighted by molar-refractivity contribution is 6.36. The number of halogens is 2. The monoisotopic (exact) mass is 631 g/mol. The Morgan fingerprint density at radius 2 is 2.07 bits per heavy atom.